The van der Waals surface area contributed by atoms with Crippen LogP contribution in [0, 0.1) is 6.92 Å². The molecule has 9 heteroatoms. The molecule has 1 N–H and O–H groups in total. The fourth-order valence-corrected chi connectivity index (χ4v) is 5.87. The van der Waals surface area contributed by atoms with Gasteiger partial charge in [0.05, 0.1) is 11.4 Å². The molecule has 4 heterocycles. The summed E-state index contributed by atoms with van der Waals surface area (Å²) < 4.78 is 1.66. The minimum atomic E-state index is -0.155. The number of aryl methyl sites for hydroxylation is 2. The molecule has 1 aliphatic rings. The first-order valence-corrected chi connectivity index (χ1v) is 14.3. The topological polar surface area (TPSA) is 88.8 Å². The highest BCUT2D eigenvalue weighted by Gasteiger charge is 2.19. The molecule has 1 saturated heterocycles. The molecule has 0 atom stereocenters. The van der Waals surface area contributed by atoms with Gasteiger partial charge in [0, 0.05) is 57.9 Å². The number of fused-ring (bicyclic) bond motifs is 1. The van der Waals surface area contributed by atoms with Crippen LogP contribution in [0.25, 0.3) is 33.4 Å². The molecule has 41 heavy (non-hydrogen) atoms. The summed E-state index contributed by atoms with van der Waals surface area (Å²) in [5.74, 6) is 1.05. The summed E-state index contributed by atoms with van der Waals surface area (Å²) in [6.45, 7) is 6.57. The summed E-state index contributed by atoms with van der Waals surface area (Å²) >= 11 is 6.73. The van der Waals surface area contributed by atoms with E-state index in [2.05, 4.69) is 56.5 Å². The summed E-state index contributed by atoms with van der Waals surface area (Å²) in [5.41, 5.74) is 6.27. The molecular weight excluding hydrogens is 534 g/mol. The van der Waals surface area contributed by atoms with Crippen molar-refractivity contribution in [1.82, 2.24) is 29.4 Å². The van der Waals surface area contributed by atoms with Gasteiger partial charge in [0.2, 0.25) is 5.95 Å². The van der Waals surface area contributed by atoms with E-state index in [9.17, 15) is 4.79 Å². The third-order valence-corrected chi connectivity index (χ3v) is 8.23. The number of anilines is 2. The molecule has 3 aromatic heterocycles. The van der Waals surface area contributed by atoms with E-state index in [-0.39, 0.29) is 5.56 Å². The highest BCUT2D eigenvalue weighted by atomic mass is 35.5. The molecule has 6 rings (SSSR count). The number of halogens is 1. The van der Waals surface area contributed by atoms with Gasteiger partial charge in [-0.25, -0.2) is 4.98 Å². The Kier molecular flexibility index (Phi) is 7.51. The Hall–Kier alpha value is -4.14. The van der Waals surface area contributed by atoms with Crippen LogP contribution in [0.1, 0.15) is 36.9 Å². The van der Waals surface area contributed by atoms with E-state index in [0.717, 1.165) is 41.1 Å². The Morgan fingerprint density at radius 1 is 0.976 bits per heavy atom. The second kappa shape index (κ2) is 11.4. The lowest BCUT2D eigenvalue weighted by Gasteiger charge is -2.29. The molecule has 0 aliphatic carbocycles. The number of piperidine rings is 1. The zero-order valence-electron chi connectivity index (χ0n) is 23.4. The van der Waals surface area contributed by atoms with Crippen molar-refractivity contribution in [3.8, 4) is 22.4 Å². The molecule has 0 unspecified atom stereocenters. The second-order valence-corrected chi connectivity index (χ2v) is 11.0. The van der Waals surface area contributed by atoms with Gasteiger partial charge in [0.25, 0.3) is 5.56 Å². The molecule has 0 bridgehead atoms. The highest BCUT2D eigenvalue weighted by Crippen LogP contribution is 2.32. The summed E-state index contributed by atoms with van der Waals surface area (Å²) in [6, 6.07) is 16.0. The van der Waals surface area contributed by atoms with Crippen LogP contribution in [0.4, 0.5) is 11.6 Å². The predicted octanol–water partition coefficient (Wildman–Crippen LogP) is 6.45. The van der Waals surface area contributed by atoms with Gasteiger partial charge in [0.15, 0.2) is 0 Å². The monoisotopic (exact) mass is 565 g/mol. The van der Waals surface area contributed by atoms with Crippen molar-refractivity contribution in [3.05, 3.63) is 93.8 Å². The number of pyridine rings is 1. The van der Waals surface area contributed by atoms with E-state index in [1.165, 1.54) is 18.4 Å². The fourth-order valence-electron chi connectivity index (χ4n) is 5.59. The highest BCUT2D eigenvalue weighted by molar-refractivity contribution is 6.33. The zero-order valence-corrected chi connectivity index (χ0v) is 24.2. The van der Waals surface area contributed by atoms with Crippen LogP contribution in [0.15, 0.2) is 71.9 Å². The van der Waals surface area contributed by atoms with Crippen molar-refractivity contribution in [3.63, 3.8) is 0 Å². The van der Waals surface area contributed by atoms with Crippen molar-refractivity contribution < 1.29 is 0 Å². The molecule has 0 radical (unpaired) electrons. The summed E-state index contributed by atoms with van der Waals surface area (Å²) in [6.07, 6.45) is 7.43. The molecule has 1 fully saturated rings. The number of nitrogens with one attached hydrogen (secondary N) is 1. The van der Waals surface area contributed by atoms with Crippen molar-refractivity contribution >= 4 is 34.3 Å². The van der Waals surface area contributed by atoms with Gasteiger partial charge < -0.3 is 10.2 Å². The lowest BCUT2D eigenvalue weighted by Crippen LogP contribution is -2.29. The standard InChI is InChI=1S/C32H32ClN7O/c1-4-40-30-24(17-27(31(40)41)26-10-7-23(18-28(26)33)29-20(2)34-13-14-35-29)19-36-32(38-30)37-25-8-5-21(6-9-25)22-11-15-39(3)16-12-22/h5-10,13-14,17-19,22H,4,11-12,15-16H2,1-3H3,(H,36,37,38). The molecule has 208 valence electrons. The molecule has 0 saturated carbocycles. The number of aromatic nitrogens is 5. The second-order valence-electron chi connectivity index (χ2n) is 10.6. The fraction of sp³-hybridized carbons (Fsp3) is 0.281. The van der Waals surface area contributed by atoms with E-state index in [1.807, 2.05) is 38.1 Å². The van der Waals surface area contributed by atoms with E-state index in [1.54, 1.807) is 23.2 Å². The van der Waals surface area contributed by atoms with Crippen molar-refractivity contribution in [2.24, 2.45) is 0 Å². The van der Waals surface area contributed by atoms with Crippen LogP contribution in [-0.2, 0) is 6.54 Å². The number of hydrogen-bond donors (Lipinski definition) is 1. The van der Waals surface area contributed by atoms with E-state index in [4.69, 9.17) is 16.6 Å². The van der Waals surface area contributed by atoms with Gasteiger partial charge in [-0.2, -0.15) is 4.98 Å². The number of nitrogens with zero attached hydrogens (tertiary/aromatic N) is 6. The average Bonchev–Trinajstić information content (AvgIpc) is 2.98. The van der Waals surface area contributed by atoms with Crippen LogP contribution in [0.3, 0.4) is 0 Å². The lowest BCUT2D eigenvalue weighted by molar-refractivity contribution is 0.255. The molecule has 2 aromatic carbocycles. The Bertz CT molecular complexity index is 1780. The molecule has 5 aromatic rings. The van der Waals surface area contributed by atoms with Crippen molar-refractivity contribution in [1.29, 1.82) is 0 Å². The molecule has 8 nitrogen and oxygen atoms in total. The van der Waals surface area contributed by atoms with Crippen LogP contribution >= 0.6 is 11.6 Å². The third-order valence-electron chi connectivity index (χ3n) is 7.91. The summed E-state index contributed by atoms with van der Waals surface area (Å²) in [7, 11) is 2.18. The first kappa shape index (κ1) is 27.1. The Morgan fingerprint density at radius 2 is 1.73 bits per heavy atom. The van der Waals surface area contributed by atoms with Gasteiger partial charge >= 0.3 is 0 Å². The van der Waals surface area contributed by atoms with Crippen molar-refractivity contribution in [2.75, 3.05) is 25.5 Å². The number of benzene rings is 2. The van der Waals surface area contributed by atoms with E-state index >= 15 is 0 Å². The minimum absolute atomic E-state index is 0.155. The number of hydrogen-bond acceptors (Lipinski definition) is 7. The maximum atomic E-state index is 13.7. The average molecular weight is 566 g/mol. The van der Waals surface area contributed by atoms with Crippen LogP contribution in [-0.4, -0.2) is 49.5 Å². The van der Waals surface area contributed by atoms with Crippen LogP contribution in [0.5, 0.6) is 0 Å². The van der Waals surface area contributed by atoms with Crippen molar-refractivity contribution in [2.45, 2.75) is 39.2 Å². The smallest absolute Gasteiger partial charge is 0.260 e. The number of rotatable bonds is 6. The Labute approximate surface area is 244 Å². The predicted molar refractivity (Wildman–Crippen MR) is 165 cm³/mol. The molecule has 1 aliphatic heterocycles. The van der Waals surface area contributed by atoms with Gasteiger partial charge in [-0.05, 0) is 82.6 Å². The molecular formula is C32H32ClN7O. The van der Waals surface area contributed by atoms with Crippen LogP contribution < -0.4 is 10.9 Å². The normalized spacial score (nSPS) is 14.4. The maximum absolute atomic E-state index is 13.7. The van der Waals surface area contributed by atoms with Crippen LogP contribution in [0.2, 0.25) is 5.02 Å². The maximum Gasteiger partial charge on any atom is 0.260 e. The quantitative estimate of drug-likeness (QED) is 0.253. The van der Waals surface area contributed by atoms with E-state index < -0.39 is 0 Å². The Balaban J connectivity index is 1.29. The molecule has 0 spiro atoms. The lowest BCUT2D eigenvalue weighted by atomic mass is 9.89. The zero-order chi connectivity index (χ0) is 28.5. The summed E-state index contributed by atoms with van der Waals surface area (Å²) in [4.78, 5) is 34.1. The minimum Gasteiger partial charge on any atom is -0.324 e. The SMILES string of the molecule is CCn1c(=O)c(-c2ccc(-c3nccnc3C)cc2Cl)cc2cnc(Nc3ccc(C4CCN(C)CC4)cc3)nc21. The number of likely N-dealkylation sites (tertiary alicyclic amines) is 1. The van der Waals surface area contributed by atoms with Gasteiger partial charge in [0.1, 0.15) is 5.65 Å². The largest absolute Gasteiger partial charge is 0.324 e. The Morgan fingerprint density at radius 3 is 2.44 bits per heavy atom. The van der Waals surface area contributed by atoms with Gasteiger partial charge in [-0.3, -0.25) is 19.3 Å². The summed E-state index contributed by atoms with van der Waals surface area (Å²) in [5, 5.41) is 4.53. The third kappa shape index (κ3) is 5.45. The first-order chi connectivity index (χ1) is 19.9. The van der Waals surface area contributed by atoms with E-state index in [0.29, 0.717) is 40.2 Å². The molecule has 0 amide bonds. The first-order valence-electron chi connectivity index (χ1n) is 13.9. The van der Waals surface area contributed by atoms with Gasteiger partial charge in [-0.1, -0.05) is 35.9 Å². The van der Waals surface area contributed by atoms with Gasteiger partial charge in [-0.15, -0.1) is 0 Å².